The first kappa shape index (κ1) is 20.8. The lowest BCUT2D eigenvalue weighted by atomic mass is 9.84. The maximum absolute atomic E-state index is 11.1. The van der Waals surface area contributed by atoms with E-state index in [1.165, 1.54) is 9.80 Å². The smallest absolute Gasteiger partial charge is 0.317 e. The lowest BCUT2D eigenvalue weighted by Gasteiger charge is -2.45. The largest absolute Gasteiger partial charge is 0.480 e. The van der Waals surface area contributed by atoms with Crippen LogP contribution in [0.5, 0.6) is 0 Å². The molecule has 1 saturated carbocycles. The van der Waals surface area contributed by atoms with Crippen molar-refractivity contribution in [2.24, 2.45) is 5.73 Å². The molecule has 0 radical (unpaired) electrons. The van der Waals surface area contributed by atoms with Gasteiger partial charge in [-0.25, -0.2) is 0 Å². The molecule has 25 heavy (non-hydrogen) atoms. The number of hydrogen-bond acceptors (Lipinski definition) is 7. The second-order valence-corrected chi connectivity index (χ2v) is 6.09. The highest BCUT2D eigenvalue weighted by Gasteiger charge is 2.39. The summed E-state index contributed by atoms with van der Waals surface area (Å²) in [6, 6.07) is -1.59. The standard InChI is InChI=1S/C14H23N3O8/c15-8-1-2-9(16(4-11(18)19)5-12(20)21)10(3-8)17(6-13(22)23)7-14(24)25/h8-10H,1-7,15H2,(H,18,19)(H,20,21)(H,22,23)(H,24,25). The minimum absolute atomic E-state index is 0.251. The van der Waals surface area contributed by atoms with Crippen molar-refractivity contribution in [1.29, 1.82) is 0 Å². The van der Waals surface area contributed by atoms with Gasteiger partial charge in [-0.1, -0.05) is 0 Å². The molecule has 142 valence electrons. The summed E-state index contributed by atoms with van der Waals surface area (Å²) in [6.45, 7) is -2.21. The quantitative estimate of drug-likeness (QED) is 0.295. The Bertz CT molecular complexity index is 494. The van der Waals surface area contributed by atoms with Crippen LogP contribution in [0.2, 0.25) is 0 Å². The predicted octanol–water partition coefficient (Wildman–Crippen LogP) is -1.82. The van der Waals surface area contributed by atoms with Crippen LogP contribution in [0.3, 0.4) is 0 Å². The summed E-state index contributed by atoms with van der Waals surface area (Å²) >= 11 is 0. The van der Waals surface area contributed by atoms with E-state index in [1.54, 1.807) is 0 Å². The molecule has 0 heterocycles. The summed E-state index contributed by atoms with van der Waals surface area (Å²) in [5.41, 5.74) is 5.92. The van der Waals surface area contributed by atoms with E-state index in [0.29, 0.717) is 12.8 Å². The lowest BCUT2D eigenvalue weighted by molar-refractivity contribution is -0.149. The summed E-state index contributed by atoms with van der Waals surface area (Å²) in [7, 11) is 0. The van der Waals surface area contributed by atoms with E-state index >= 15 is 0 Å². The minimum atomic E-state index is -1.23. The highest BCUT2D eigenvalue weighted by Crippen LogP contribution is 2.27. The second-order valence-electron chi connectivity index (χ2n) is 6.09. The van der Waals surface area contributed by atoms with E-state index < -0.39 is 62.1 Å². The van der Waals surface area contributed by atoms with E-state index in [4.69, 9.17) is 26.2 Å². The van der Waals surface area contributed by atoms with Gasteiger partial charge in [-0.15, -0.1) is 0 Å². The summed E-state index contributed by atoms with van der Waals surface area (Å²) < 4.78 is 0. The van der Waals surface area contributed by atoms with Crippen molar-refractivity contribution < 1.29 is 39.6 Å². The topological polar surface area (TPSA) is 182 Å². The molecule has 0 aliphatic heterocycles. The Balaban J connectivity index is 3.11. The number of carboxylic acid groups (broad SMARTS) is 4. The maximum Gasteiger partial charge on any atom is 0.317 e. The Morgan fingerprint density at radius 2 is 1.08 bits per heavy atom. The zero-order chi connectivity index (χ0) is 19.1. The Morgan fingerprint density at radius 1 is 0.720 bits per heavy atom. The Labute approximate surface area is 143 Å². The van der Waals surface area contributed by atoms with Crippen LogP contribution in [0, 0.1) is 0 Å². The van der Waals surface area contributed by atoms with Crippen LogP contribution in [-0.4, -0.2) is 98.4 Å². The predicted molar refractivity (Wildman–Crippen MR) is 83.1 cm³/mol. The fraction of sp³-hybridized carbons (Fsp3) is 0.714. The van der Waals surface area contributed by atoms with E-state index in [-0.39, 0.29) is 12.5 Å². The number of aliphatic carboxylic acids is 4. The number of rotatable bonds is 10. The fourth-order valence-corrected chi connectivity index (χ4v) is 3.26. The van der Waals surface area contributed by atoms with Crippen LogP contribution in [0.15, 0.2) is 0 Å². The summed E-state index contributed by atoms with van der Waals surface area (Å²) in [5, 5.41) is 36.2. The normalized spacial score (nSPS) is 23.6. The monoisotopic (exact) mass is 361 g/mol. The third kappa shape index (κ3) is 7.03. The molecule has 6 N–H and O–H groups in total. The molecule has 0 bridgehead atoms. The van der Waals surface area contributed by atoms with Crippen LogP contribution in [0.4, 0.5) is 0 Å². The van der Waals surface area contributed by atoms with Gasteiger partial charge >= 0.3 is 23.9 Å². The highest BCUT2D eigenvalue weighted by atomic mass is 16.4. The molecule has 1 rings (SSSR count). The minimum Gasteiger partial charge on any atom is -0.480 e. The summed E-state index contributed by atoms with van der Waals surface area (Å²) in [6.07, 6.45) is 1.11. The first-order valence-corrected chi connectivity index (χ1v) is 7.71. The summed E-state index contributed by atoms with van der Waals surface area (Å²) in [4.78, 5) is 46.7. The third-order valence-electron chi connectivity index (χ3n) is 4.11. The van der Waals surface area contributed by atoms with Gasteiger partial charge in [0.15, 0.2) is 0 Å². The van der Waals surface area contributed by atoms with Gasteiger partial charge in [0.2, 0.25) is 0 Å². The maximum atomic E-state index is 11.1. The first-order chi connectivity index (χ1) is 11.6. The molecular formula is C14H23N3O8. The van der Waals surface area contributed by atoms with Gasteiger partial charge in [0.05, 0.1) is 26.2 Å². The van der Waals surface area contributed by atoms with Gasteiger partial charge in [0, 0.05) is 18.1 Å². The van der Waals surface area contributed by atoms with Crippen LogP contribution in [0.1, 0.15) is 19.3 Å². The Morgan fingerprint density at radius 3 is 1.44 bits per heavy atom. The van der Waals surface area contributed by atoms with E-state index in [9.17, 15) is 19.2 Å². The highest BCUT2D eigenvalue weighted by molar-refractivity contribution is 5.73. The van der Waals surface area contributed by atoms with Crippen molar-refractivity contribution in [1.82, 2.24) is 9.80 Å². The molecule has 0 aromatic rings. The molecule has 1 aliphatic rings. The number of nitrogens with two attached hydrogens (primary N) is 1. The van der Waals surface area contributed by atoms with Crippen molar-refractivity contribution in [2.45, 2.75) is 37.4 Å². The number of carboxylic acids is 4. The van der Waals surface area contributed by atoms with E-state index in [2.05, 4.69) is 0 Å². The Kier molecular flexibility index (Phi) is 7.74. The van der Waals surface area contributed by atoms with E-state index in [0.717, 1.165) is 0 Å². The molecule has 0 saturated heterocycles. The molecular weight excluding hydrogens is 338 g/mol. The molecule has 0 aromatic carbocycles. The van der Waals surface area contributed by atoms with Crippen molar-refractivity contribution in [3.05, 3.63) is 0 Å². The van der Waals surface area contributed by atoms with Gasteiger partial charge in [-0.3, -0.25) is 29.0 Å². The fourth-order valence-electron chi connectivity index (χ4n) is 3.26. The van der Waals surface area contributed by atoms with Gasteiger partial charge < -0.3 is 26.2 Å². The average Bonchev–Trinajstić information content (AvgIpc) is 2.43. The van der Waals surface area contributed by atoms with Crippen LogP contribution < -0.4 is 5.73 Å². The molecule has 0 amide bonds. The van der Waals surface area contributed by atoms with Crippen molar-refractivity contribution in [3.8, 4) is 0 Å². The number of nitrogens with zero attached hydrogens (tertiary/aromatic N) is 2. The van der Waals surface area contributed by atoms with Crippen LogP contribution in [-0.2, 0) is 19.2 Å². The van der Waals surface area contributed by atoms with Crippen molar-refractivity contribution in [3.63, 3.8) is 0 Å². The molecule has 1 aliphatic carbocycles. The van der Waals surface area contributed by atoms with Gasteiger partial charge in [-0.2, -0.15) is 0 Å². The average molecular weight is 361 g/mol. The van der Waals surface area contributed by atoms with Crippen molar-refractivity contribution in [2.75, 3.05) is 26.2 Å². The molecule has 11 heteroatoms. The molecule has 3 unspecified atom stereocenters. The van der Waals surface area contributed by atoms with Gasteiger partial charge in [0.25, 0.3) is 0 Å². The third-order valence-corrected chi connectivity index (χ3v) is 4.11. The Hall–Kier alpha value is -2.24. The van der Waals surface area contributed by atoms with Gasteiger partial charge in [-0.05, 0) is 19.3 Å². The molecule has 0 aromatic heterocycles. The second kappa shape index (κ2) is 9.30. The zero-order valence-electron chi connectivity index (χ0n) is 13.6. The van der Waals surface area contributed by atoms with Crippen LogP contribution in [0.25, 0.3) is 0 Å². The first-order valence-electron chi connectivity index (χ1n) is 7.71. The van der Waals surface area contributed by atoms with Crippen LogP contribution >= 0.6 is 0 Å². The molecule has 0 spiro atoms. The van der Waals surface area contributed by atoms with Crippen molar-refractivity contribution >= 4 is 23.9 Å². The number of carbonyl (C=O) groups is 4. The molecule has 3 atom stereocenters. The summed E-state index contributed by atoms with van der Waals surface area (Å²) in [5.74, 6) is -4.92. The lowest BCUT2D eigenvalue weighted by Crippen LogP contribution is -2.59. The zero-order valence-corrected chi connectivity index (χ0v) is 13.6. The molecule has 11 nitrogen and oxygen atoms in total. The molecule has 1 fully saturated rings. The van der Waals surface area contributed by atoms with Gasteiger partial charge in [0.1, 0.15) is 0 Å². The SMILES string of the molecule is NC1CCC(N(CC(=O)O)CC(=O)O)C(N(CC(=O)O)CC(=O)O)C1. The number of hydrogen-bond donors (Lipinski definition) is 5. The van der Waals surface area contributed by atoms with E-state index in [1.807, 2.05) is 0 Å².